The molecule has 1 heterocycles. The minimum Gasteiger partial charge on any atom is -0.338 e. The second-order valence-corrected chi connectivity index (χ2v) is 6.28. The van der Waals surface area contributed by atoms with E-state index in [0.29, 0.717) is 11.7 Å². The van der Waals surface area contributed by atoms with Crippen molar-refractivity contribution in [3.05, 3.63) is 36.4 Å². The number of rotatable bonds is 4. The summed E-state index contributed by atoms with van der Waals surface area (Å²) in [5.41, 5.74) is 1.85. The predicted octanol–water partition coefficient (Wildman–Crippen LogP) is 3.22. The van der Waals surface area contributed by atoms with E-state index in [1.54, 1.807) is 0 Å². The lowest BCUT2D eigenvalue weighted by Crippen LogP contribution is -2.40. The molecule has 0 spiro atoms. The first-order chi connectivity index (χ1) is 11.7. The van der Waals surface area contributed by atoms with Gasteiger partial charge in [0, 0.05) is 11.9 Å². The highest BCUT2D eigenvalue weighted by molar-refractivity contribution is 8.14. The van der Waals surface area contributed by atoms with Crippen molar-refractivity contribution in [2.24, 2.45) is 4.99 Å². The summed E-state index contributed by atoms with van der Waals surface area (Å²) in [7, 11) is 0. The van der Waals surface area contributed by atoms with Crippen molar-refractivity contribution in [2.75, 3.05) is 17.6 Å². The summed E-state index contributed by atoms with van der Waals surface area (Å²) >= 11 is 1.27. The first kappa shape index (κ1) is 16.3. The number of imide groups is 1. The third kappa shape index (κ3) is 3.68. The van der Waals surface area contributed by atoms with E-state index < -0.39 is 6.03 Å². The van der Waals surface area contributed by atoms with Gasteiger partial charge in [-0.25, -0.2) is 9.79 Å². The van der Waals surface area contributed by atoms with E-state index in [0.717, 1.165) is 28.6 Å². The molecule has 124 valence electrons. The molecule has 0 saturated heterocycles. The van der Waals surface area contributed by atoms with E-state index in [2.05, 4.69) is 20.9 Å². The van der Waals surface area contributed by atoms with Gasteiger partial charge < -0.3 is 10.6 Å². The average molecular weight is 342 g/mol. The van der Waals surface area contributed by atoms with Crippen molar-refractivity contribution in [3.8, 4) is 0 Å². The molecule has 0 bridgehead atoms. The molecule has 3 amide bonds. The average Bonchev–Trinajstić information content (AvgIpc) is 2.58. The van der Waals surface area contributed by atoms with Crippen LogP contribution in [-0.2, 0) is 4.79 Å². The lowest BCUT2D eigenvalue weighted by Gasteiger charge is -2.18. The number of amidine groups is 1. The molecule has 0 aliphatic carbocycles. The maximum absolute atomic E-state index is 11.8. The van der Waals surface area contributed by atoms with Gasteiger partial charge in [0.2, 0.25) is 5.91 Å². The highest BCUT2D eigenvalue weighted by Crippen LogP contribution is 2.36. The van der Waals surface area contributed by atoms with Crippen LogP contribution in [0.5, 0.6) is 0 Å². The fourth-order valence-electron chi connectivity index (χ4n) is 2.42. The van der Waals surface area contributed by atoms with Gasteiger partial charge in [0.05, 0.1) is 17.1 Å². The molecule has 24 heavy (non-hydrogen) atoms. The van der Waals surface area contributed by atoms with Gasteiger partial charge in [0.25, 0.3) is 0 Å². The van der Waals surface area contributed by atoms with Crippen LogP contribution in [0.4, 0.5) is 16.2 Å². The lowest BCUT2D eigenvalue weighted by atomic mass is 10.1. The van der Waals surface area contributed by atoms with Crippen molar-refractivity contribution in [1.82, 2.24) is 10.6 Å². The van der Waals surface area contributed by atoms with Crippen LogP contribution < -0.4 is 16.0 Å². The van der Waals surface area contributed by atoms with Crippen LogP contribution in [0.2, 0.25) is 0 Å². The third-order valence-corrected chi connectivity index (χ3v) is 4.35. The largest absolute Gasteiger partial charge is 0.338 e. The summed E-state index contributed by atoms with van der Waals surface area (Å²) in [6.07, 6.45) is 0.821. The Bertz CT molecular complexity index is 814. The number of aliphatic imine (C=N–C) groups is 1. The van der Waals surface area contributed by atoms with Gasteiger partial charge in [-0.2, -0.15) is 0 Å². The molecule has 6 nitrogen and oxygen atoms in total. The molecule has 1 aliphatic heterocycles. The summed E-state index contributed by atoms with van der Waals surface area (Å²) < 4.78 is 0. The Morgan fingerprint density at radius 2 is 2.00 bits per heavy atom. The Morgan fingerprint density at radius 3 is 2.79 bits per heavy atom. The first-order valence-electron chi connectivity index (χ1n) is 7.75. The maximum Gasteiger partial charge on any atom is 0.321 e. The molecule has 1 aliphatic rings. The molecule has 0 aromatic heterocycles. The monoisotopic (exact) mass is 342 g/mol. The Morgan fingerprint density at radius 1 is 1.21 bits per heavy atom. The van der Waals surface area contributed by atoms with Crippen molar-refractivity contribution in [2.45, 2.75) is 13.3 Å². The van der Waals surface area contributed by atoms with Gasteiger partial charge in [0.15, 0.2) is 5.17 Å². The van der Waals surface area contributed by atoms with Crippen LogP contribution in [0.1, 0.15) is 13.3 Å². The van der Waals surface area contributed by atoms with Gasteiger partial charge in [-0.15, -0.1) is 0 Å². The van der Waals surface area contributed by atoms with E-state index in [9.17, 15) is 9.59 Å². The van der Waals surface area contributed by atoms with Gasteiger partial charge >= 0.3 is 6.03 Å². The van der Waals surface area contributed by atoms with E-state index in [4.69, 9.17) is 0 Å². The van der Waals surface area contributed by atoms with Crippen LogP contribution >= 0.6 is 11.8 Å². The molecular weight excluding hydrogens is 324 g/mol. The molecule has 0 unspecified atom stereocenters. The summed E-state index contributed by atoms with van der Waals surface area (Å²) in [4.78, 5) is 27.8. The Hall–Kier alpha value is -2.54. The molecular formula is C17H18N4O2S. The second-order valence-electron chi connectivity index (χ2n) is 5.32. The molecule has 2 aromatic carbocycles. The number of benzene rings is 2. The van der Waals surface area contributed by atoms with Crippen LogP contribution in [-0.4, -0.2) is 29.4 Å². The zero-order valence-electron chi connectivity index (χ0n) is 13.3. The topological polar surface area (TPSA) is 82.6 Å². The second kappa shape index (κ2) is 7.35. The standard InChI is InChI=1S/C17H18N4O2S/c1-2-9-18-16(23)21-14(22)10-24-17-19-12-7-3-5-11-6-4-8-13(20-17)15(11)12/h3-8H,2,9-10H2,1H3,(H,19,20)(H2,18,21,22,23). The summed E-state index contributed by atoms with van der Waals surface area (Å²) in [6, 6.07) is 11.5. The molecule has 3 rings (SSSR count). The van der Waals surface area contributed by atoms with Gasteiger partial charge in [-0.05, 0) is 23.9 Å². The Balaban J connectivity index is 1.63. The summed E-state index contributed by atoms with van der Waals surface area (Å²) in [5, 5.41) is 11.0. The zero-order chi connectivity index (χ0) is 16.9. The smallest absolute Gasteiger partial charge is 0.321 e. The highest BCUT2D eigenvalue weighted by Gasteiger charge is 2.16. The molecule has 0 atom stereocenters. The summed E-state index contributed by atoms with van der Waals surface area (Å²) in [5.74, 6) is -0.237. The number of nitrogens with one attached hydrogen (secondary N) is 3. The van der Waals surface area contributed by atoms with Crippen molar-refractivity contribution in [3.63, 3.8) is 0 Å². The Kier molecular flexibility index (Phi) is 5.00. The van der Waals surface area contributed by atoms with Gasteiger partial charge in [-0.1, -0.05) is 43.0 Å². The minimum absolute atomic E-state index is 0.115. The van der Waals surface area contributed by atoms with Crippen LogP contribution in [0, 0.1) is 0 Å². The Labute approximate surface area is 144 Å². The van der Waals surface area contributed by atoms with Crippen molar-refractivity contribution < 1.29 is 9.59 Å². The van der Waals surface area contributed by atoms with Crippen LogP contribution in [0.3, 0.4) is 0 Å². The van der Waals surface area contributed by atoms with Gasteiger partial charge in [-0.3, -0.25) is 10.1 Å². The zero-order valence-corrected chi connectivity index (χ0v) is 14.1. The molecule has 3 N–H and O–H groups in total. The number of urea groups is 1. The van der Waals surface area contributed by atoms with Gasteiger partial charge in [0.1, 0.15) is 0 Å². The quantitative estimate of drug-likeness (QED) is 0.797. The SMILES string of the molecule is CCCNC(=O)NC(=O)CSC1=Nc2cccc3cccc(c23)N1. The van der Waals surface area contributed by atoms with E-state index in [-0.39, 0.29) is 11.7 Å². The fourth-order valence-corrected chi connectivity index (χ4v) is 3.10. The normalized spacial score (nSPS) is 12.3. The molecule has 0 saturated carbocycles. The number of hydrogen-bond acceptors (Lipinski definition) is 5. The number of carbonyl (C=O) groups is 2. The molecule has 2 aromatic rings. The number of hydrogen-bond donors (Lipinski definition) is 3. The predicted molar refractivity (Wildman–Crippen MR) is 99.0 cm³/mol. The maximum atomic E-state index is 11.8. The van der Waals surface area contributed by atoms with Crippen molar-refractivity contribution in [1.29, 1.82) is 0 Å². The molecule has 0 fully saturated rings. The number of amides is 3. The third-order valence-electron chi connectivity index (χ3n) is 3.47. The summed E-state index contributed by atoms with van der Waals surface area (Å²) in [6.45, 7) is 2.49. The van der Waals surface area contributed by atoms with Crippen LogP contribution in [0.25, 0.3) is 10.8 Å². The van der Waals surface area contributed by atoms with E-state index in [1.165, 1.54) is 11.8 Å². The number of anilines is 1. The fraction of sp³-hybridized carbons (Fsp3) is 0.235. The lowest BCUT2D eigenvalue weighted by molar-refractivity contribution is -0.117. The van der Waals surface area contributed by atoms with Crippen molar-refractivity contribution >= 4 is 51.0 Å². The number of carbonyl (C=O) groups excluding carboxylic acids is 2. The molecule has 7 heteroatoms. The van der Waals surface area contributed by atoms with E-state index >= 15 is 0 Å². The molecule has 0 radical (unpaired) electrons. The minimum atomic E-state index is -0.462. The van der Waals surface area contributed by atoms with Crippen LogP contribution in [0.15, 0.2) is 41.4 Å². The first-order valence-corrected chi connectivity index (χ1v) is 8.74. The number of thioether (sulfide) groups is 1. The highest BCUT2D eigenvalue weighted by atomic mass is 32.2. The van der Waals surface area contributed by atoms with E-state index in [1.807, 2.05) is 43.3 Å². The number of nitrogens with zero attached hydrogens (tertiary/aromatic N) is 1.